The zero-order chi connectivity index (χ0) is 40.6. The van der Waals surface area contributed by atoms with Crippen molar-refractivity contribution in [3.63, 3.8) is 0 Å². The van der Waals surface area contributed by atoms with Crippen molar-refractivity contribution >= 4 is 29.6 Å². The molecule has 5 aromatic carbocycles. The average Bonchev–Trinajstić information content (AvgIpc) is 3.58. The second-order valence-electron chi connectivity index (χ2n) is 16.3. The van der Waals surface area contributed by atoms with Gasteiger partial charge in [0.2, 0.25) is 5.91 Å². The van der Waals surface area contributed by atoms with Crippen molar-refractivity contribution in [1.29, 1.82) is 0 Å². The molecule has 8 rings (SSSR count). The Hall–Kier alpha value is -5.40. The Morgan fingerprint density at radius 3 is 1.88 bits per heavy atom. The van der Waals surface area contributed by atoms with Crippen LogP contribution in [0.5, 0.6) is 0 Å². The molecule has 0 spiro atoms. The van der Waals surface area contributed by atoms with Crippen molar-refractivity contribution in [2.45, 2.75) is 94.1 Å². The van der Waals surface area contributed by atoms with E-state index in [1.165, 1.54) is 37.7 Å². The highest BCUT2D eigenvalue weighted by molar-refractivity contribution is 6.31. The van der Waals surface area contributed by atoms with Crippen molar-refractivity contribution in [3.8, 4) is 11.1 Å². The van der Waals surface area contributed by atoms with Crippen molar-refractivity contribution in [2.24, 2.45) is 0 Å². The third-order valence-corrected chi connectivity index (χ3v) is 12.9. The van der Waals surface area contributed by atoms with Gasteiger partial charge < -0.3 is 19.7 Å². The van der Waals surface area contributed by atoms with E-state index < -0.39 is 30.1 Å². The second kappa shape index (κ2) is 18.7. The zero-order valence-electron chi connectivity index (χ0n) is 33.6. The molecule has 1 heterocycles. The summed E-state index contributed by atoms with van der Waals surface area (Å²) in [6.07, 6.45) is 10.2. The fourth-order valence-corrected chi connectivity index (χ4v) is 9.81. The van der Waals surface area contributed by atoms with Crippen LogP contribution in [0.15, 0.2) is 127 Å². The summed E-state index contributed by atoms with van der Waals surface area (Å²) in [5.74, 6) is -0.673. The summed E-state index contributed by atoms with van der Waals surface area (Å²) in [6, 6.07) is 40.6. The quantitative estimate of drug-likeness (QED) is 0.106. The van der Waals surface area contributed by atoms with Crippen molar-refractivity contribution < 1.29 is 23.9 Å². The third kappa shape index (κ3) is 8.82. The Morgan fingerprint density at radius 2 is 1.22 bits per heavy atom. The molecular formula is C51H53ClN2O5. The van der Waals surface area contributed by atoms with E-state index in [1.807, 2.05) is 72.8 Å². The molecule has 1 N–H and O–H groups in total. The van der Waals surface area contributed by atoms with Crippen LogP contribution >= 0.6 is 11.6 Å². The van der Waals surface area contributed by atoms with Crippen LogP contribution in [0.4, 0.5) is 4.79 Å². The Morgan fingerprint density at radius 1 is 0.661 bits per heavy atom. The molecule has 5 aromatic rings. The molecule has 0 radical (unpaired) electrons. The number of carbonyl (C=O) groups excluding carboxylic acids is 3. The van der Waals surface area contributed by atoms with Gasteiger partial charge in [-0.2, -0.15) is 0 Å². The van der Waals surface area contributed by atoms with Gasteiger partial charge >= 0.3 is 12.1 Å². The number of hydrogen-bond acceptors (Lipinski definition) is 5. The normalized spacial score (nSPS) is 17.3. The second-order valence-corrected chi connectivity index (χ2v) is 16.7. The molecule has 304 valence electrons. The highest BCUT2D eigenvalue weighted by Gasteiger charge is 2.43. The molecule has 7 nitrogen and oxygen atoms in total. The van der Waals surface area contributed by atoms with Crippen molar-refractivity contribution in [1.82, 2.24) is 10.2 Å². The van der Waals surface area contributed by atoms with Gasteiger partial charge in [-0.05, 0) is 71.9 Å². The van der Waals surface area contributed by atoms with Crippen LogP contribution in [0.25, 0.3) is 11.1 Å². The Balaban J connectivity index is 1.09. The molecule has 0 aromatic heterocycles. The first-order chi connectivity index (χ1) is 28.9. The minimum atomic E-state index is -1.46. The number of amides is 2. The van der Waals surface area contributed by atoms with E-state index >= 15 is 0 Å². The minimum Gasteiger partial charge on any atom is -0.449 e. The van der Waals surface area contributed by atoms with Crippen LogP contribution in [0.2, 0.25) is 5.02 Å². The number of nitrogens with zero attached hydrogens (tertiary/aromatic N) is 1. The van der Waals surface area contributed by atoms with E-state index in [4.69, 9.17) is 21.1 Å². The van der Waals surface area contributed by atoms with Gasteiger partial charge in [-0.15, -0.1) is 0 Å². The lowest BCUT2D eigenvalue weighted by Gasteiger charge is -2.37. The number of nitrogens with one attached hydrogen (secondary N) is 1. The molecule has 8 heteroatoms. The number of halogens is 1. The minimum absolute atomic E-state index is 0.0788. The number of esters is 1. The van der Waals surface area contributed by atoms with Gasteiger partial charge in [-0.3, -0.25) is 9.59 Å². The van der Waals surface area contributed by atoms with Crippen LogP contribution < -0.4 is 5.32 Å². The first-order valence-electron chi connectivity index (χ1n) is 21.5. The SMILES string of the molecule is O=C(C[C@H](NC(=O)OCC1c2ccccc2-c2ccccc21)C(=O)N1CCCCC1)OC(c1ccccc1)(c1ccc(C2CCCCCCC2)cc1)c1ccccc1Cl. The van der Waals surface area contributed by atoms with Gasteiger partial charge in [0.05, 0.1) is 6.42 Å². The smallest absolute Gasteiger partial charge is 0.407 e. The number of fused-ring (bicyclic) bond motifs is 3. The van der Waals surface area contributed by atoms with E-state index in [9.17, 15) is 14.4 Å². The van der Waals surface area contributed by atoms with Crippen molar-refractivity contribution in [2.75, 3.05) is 19.7 Å². The number of piperidine rings is 1. The topological polar surface area (TPSA) is 84.9 Å². The average molecular weight is 809 g/mol. The highest BCUT2D eigenvalue weighted by Crippen LogP contribution is 2.46. The van der Waals surface area contributed by atoms with Crippen LogP contribution in [-0.2, 0) is 24.7 Å². The lowest BCUT2D eigenvalue weighted by molar-refractivity contribution is -0.156. The first-order valence-corrected chi connectivity index (χ1v) is 21.8. The predicted octanol–water partition coefficient (Wildman–Crippen LogP) is 11.3. The largest absolute Gasteiger partial charge is 0.449 e. The van der Waals surface area contributed by atoms with E-state index in [1.54, 1.807) is 11.0 Å². The maximum Gasteiger partial charge on any atom is 0.407 e. The van der Waals surface area contributed by atoms with E-state index in [2.05, 4.69) is 53.8 Å². The number of alkyl carbamates (subject to hydrolysis) is 1. The lowest BCUT2D eigenvalue weighted by atomic mass is 9.78. The zero-order valence-corrected chi connectivity index (χ0v) is 34.4. The van der Waals surface area contributed by atoms with E-state index in [-0.39, 0.29) is 18.4 Å². The lowest BCUT2D eigenvalue weighted by Crippen LogP contribution is -2.51. The van der Waals surface area contributed by atoms with Gasteiger partial charge in [0.25, 0.3) is 0 Å². The maximum absolute atomic E-state index is 14.7. The first kappa shape index (κ1) is 40.4. The molecule has 1 aliphatic heterocycles. The molecule has 0 bridgehead atoms. The molecule has 2 atom stereocenters. The number of benzene rings is 5. The molecule has 1 saturated heterocycles. The molecule has 59 heavy (non-hydrogen) atoms. The fraction of sp³-hybridized carbons (Fsp3) is 0.353. The molecule has 3 aliphatic rings. The standard InChI is InChI=1S/C51H53ClN2O5/c52-46-27-15-14-26-45(46)51(38-20-8-4-9-21-38,39-30-28-37(29-31-39)36-18-6-2-1-3-7-19-36)59-48(55)34-47(49(56)54-32-16-5-17-33-54)53-50(57)58-35-44-42-24-12-10-22-40(42)41-23-11-13-25-43(41)44/h4,8-15,20-31,36,44,47H,1-3,5-7,16-19,32-35H2,(H,53,57)/t47-,51?/m0/s1. The van der Waals surface area contributed by atoms with Crippen LogP contribution in [0.1, 0.15) is 116 Å². The van der Waals surface area contributed by atoms with E-state index in [0.717, 1.165) is 59.9 Å². The van der Waals surface area contributed by atoms with Crippen molar-refractivity contribution in [3.05, 3.63) is 166 Å². The number of rotatable bonds is 11. The summed E-state index contributed by atoms with van der Waals surface area (Å²) < 4.78 is 12.7. The molecule has 1 unspecified atom stereocenters. The molecular weight excluding hydrogens is 756 g/mol. The van der Waals surface area contributed by atoms with Crippen LogP contribution in [-0.4, -0.2) is 48.6 Å². The summed E-state index contributed by atoms with van der Waals surface area (Å²) >= 11 is 7.03. The summed E-state index contributed by atoms with van der Waals surface area (Å²) in [5, 5.41) is 3.24. The predicted molar refractivity (Wildman–Crippen MR) is 232 cm³/mol. The number of likely N-dealkylation sites (tertiary alicyclic amines) is 1. The van der Waals surface area contributed by atoms with Gasteiger partial charge in [0.15, 0.2) is 5.60 Å². The highest BCUT2D eigenvalue weighted by atomic mass is 35.5. The molecule has 2 fully saturated rings. The van der Waals surface area contributed by atoms with Gasteiger partial charge in [-0.1, -0.05) is 165 Å². The van der Waals surface area contributed by atoms with Crippen LogP contribution in [0, 0.1) is 0 Å². The van der Waals surface area contributed by atoms with Gasteiger partial charge in [0, 0.05) is 40.7 Å². The van der Waals surface area contributed by atoms with Crippen LogP contribution in [0.3, 0.4) is 0 Å². The number of ether oxygens (including phenoxy) is 2. The summed E-state index contributed by atoms with van der Waals surface area (Å²) in [6.45, 7) is 1.19. The third-order valence-electron chi connectivity index (χ3n) is 12.6. The number of hydrogen-bond donors (Lipinski definition) is 1. The molecule has 2 aliphatic carbocycles. The summed E-state index contributed by atoms with van der Waals surface area (Å²) in [7, 11) is 0. The molecule has 2 amide bonds. The molecule has 1 saturated carbocycles. The number of carbonyl (C=O) groups is 3. The van der Waals surface area contributed by atoms with Gasteiger partial charge in [0.1, 0.15) is 12.6 Å². The Labute approximate surface area is 353 Å². The van der Waals surface area contributed by atoms with Gasteiger partial charge in [-0.25, -0.2) is 4.79 Å². The summed E-state index contributed by atoms with van der Waals surface area (Å²) in [5.41, 5.74) is 6.28. The Kier molecular flexibility index (Phi) is 12.8. The maximum atomic E-state index is 14.7. The Bertz CT molecular complexity index is 2180. The monoisotopic (exact) mass is 808 g/mol. The van der Waals surface area contributed by atoms with E-state index in [0.29, 0.717) is 35.2 Å². The summed E-state index contributed by atoms with van der Waals surface area (Å²) in [4.78, 5) is 44.4. The fourth-order valence-electron chi connectivity index (χ4n) is 9.55.